The number of amides is 1. The topological polar surface area (TPSA) is 20.3 Å². The summed E-state index contributed by atoms with van der Waals surface area (Å²) in [4.78, 5) is 13.5. The molecule has 1 amide bonds. The Hall–Kier alpha value is -1.14. The van der Waals surface area contributed by atoms with Gasteiger partial charge in [-0.15, -0.1) is 0 Å². The first-order valence-electron chi connectivity index (χ1n) is 5.48. The van der Waals surface area contributed by atoms with Crippen molar-refractivity contribution in [2.24, 2.45) is 0 Å². The highest BCUT2D eigenvalue weighted by atomic mass is 127. The molecular weight excluding hydrogens is 380 g/mol. The number of para-hydroxylation sites is 1. The van der Waals surface area contributed by atoms with E-state index in [1.165, 1.54) is 18.0 Å². The molecule has 0 spiro atoms. The highest BCUT2D eigenvalue weighted by Gasteiger charge is 2.17. The summed E-state index contributed by atoms with van der Waals surface area (Å²) >= 11 is 8.07. The van der Waals surface area contributed by atoms with Crippen LogP contribution in [0.25, 0.3) is 0 Å². The number of carbonyl (C=O) groups is 1. The van der Waals surface area contributed by atoms with Crippen LogP contribution in [0.1, 0.15) is 10.4 Å². The fourth-order valence-corrected chi connectivity index (χ4v) is 2.17. The van der Waals surface area contributed by atoms with Crippen molar-refractivity contribution in [3.63, 3.8) is 0 Å². The number of hydrogen-bond acceptors (Lipinski definition) is 1. The van der Waals surface area contributed by atoms with E-state index in [9.17, 15) is 9.18 Å². The number of rotatable bonds is 2. The summed E-state index contributed by atoms with van der Waals surface area (Å²) in [6.45, 7) is 0. The minimum Gasteiger partial charge on any atom is -0.309 e. The van der Waals surface area contributed by atoms with E-state index in [2.05, 4.69) is 22.6 Å². The SMILES string of the molecule is CN(C(=O)c1ccc(I)c(Cl)c1)c1ccccc1F. The Morgan fingerprint density at radius 3 is 2.58 bits per heavy atom. The molecule has 98 valence electrons. The molecule has 0 aromatic heterocycles. The minimum atomic E-state index is -0.435. The van der Waals surface area contributed by atoms with E-state index in [1.54, 1.807) is 36.4 Å². The van der Waals surface area contributed by atoms with E-state index in [0.717, 1.165) is 3.57 Å². The quantitative estimate of drug-likeness (QED) is 0.699. The van der Waals surface area contributed by atoms with Gasteiger partial charge in [0.2, 0.25) is 0 Å². The third-order valence-corrected chi connectivity index (χ3v) is 4.26. The predicted molar refractivity (Wildman–Crippen MR) is 83.3 cm³/mol. The number of carbonyl (C=O) groups excluding carboxylic acids is 1. The number of hydrogen-bond donors (Lipinski definition) is 0. The van der Waals surface area contributed by atoms with Crippen LogP contribution in [-0.2, 0) is 0 Å². The van der Waals surface area contributed by atoms with Gasteiger partial charge in [-0.2, -0.15) is 0 Å². The van der Waals surface area contributed by atoms with E-state index in [4.69, 9.17) is 11.6 Å². The van der Waals surface area contributed by atoms with Crippen molar-refractivity contribution in [2.75, 3.05) is 11.9 Å². The monoisotopic (exact) mass is 389 g/mol. The average molecular weight is 390 g/mol. The smallest absolute Gasteiger partial charge is 0.258 e. The van der Waals surface area contributed by atoms with Gasteiger partial charge >= 0.3 is 0 Å². The molecule has 0 bridgehead atoms. The van der Waals surface area contributed by atoms with E-state index >= 15 is 0 Å². The van der Waals surface area contributed by atoms with E-state index in [1.807, 2.05) is 0 Å². The molecule has 2 aromatic carbocycles. The molecular formula is C14H10ClFINO. The molecule has 2 rings (SSSR count). The Morgan fingerprint density at radius 2 is 1.95 bits per heavy atom. The van der Waals surface area contributed by atoms with Crippen LogP contribution in [0.5, 0.6) is 0 Å². The van der Waals surface area contributed by atoms with Crippen LogP contribution >= 0.6 is 34.2 Å². The van der Waals surface area contributed by atoms with E-state index < -0.39 is 5.82 Å². The van der Waals surface area contributed by atoms with Crippen molar-refractivity contribution in [3.05, 3.63) is 62.4 Å². The van der Waals surface area contributed by atoms with Crippen molar-refractivity contribution in [1.82, 2.24) is 0 Å². The molecule has 0 radical (unpaired) electrons. The van der Waals surface area contributed by atoms with Gasteiger partial charge in [-0.25, -0.2) is 4.39 Å². The number of halogens is 3. The van der Waals surface area contributed by atoms with Gasteiger partial charge < -0.3 is 4.90 Å². The van der Waals surface area contributed by atoms with Crippen LogP contribution in [0.15, 0.2) is 42.5 Å². The van der Waals surface area contributed by atoms with Crippen LogP contribution < -0.4 is 4.90 Å². The maximum Gasteiger partial charge on any atom is 0.258 e. The lowest BCUT2D eigenvalue weighted by molar-refractivity contribution is 0.0992. The van der Waals surface area contributed by atoms with Gasteiger partial charge in [0.05, 0.1) is 10.7 Å². The molecule has 0 fully saturated rings. The Bertz CT molecular complexity index is 633. The Labute approximate surface area is 129 Å². The van der Waals surface area contributed by atoms with Gasteiger partial charge in [0.15, 0.2) is 0 Å². The standard InChI is InChI=1S/C14H10ClFINO/c1-18(13-5-3-2-4-11(13)16)14(19)9-6-7-12(17)10(15)8-9/h2-8H,1H3. The lowest BCUT2D eigenvalue weighted by Gasteiger charge is -2.18. The van der Waals surface area contributed by atoms with Gasteiger partial charge in [0, 0.05) is 16.2 Å². The van der Waals surface area contributed by atoms with E-state index in [0.29, 0.717) is 10.6 Å². The fourth-order valence-electron chi connectivity index (χ4n) is 1.66. The summed E-state index contributed by atoms with van der Waals surface area (Å²) in [6, 6.07) is 11.2. The summed E-state index contributed by atoms with van der Waals surface area (Å²) in [5.41, 5.74) is 0.665. The van der Waals surface area contributed by atoms with Gasteiger partial charge in [0.1, 0.15) is 5.82 Å². The van der Waals surface area contributed by atoms with Crippen LogP contribution in [-0.4, -0.2) is 13.0 Å². The molecule has 0 aliphatic carbocycles. The third kappa shape index (κ3) is 3.06. The molecule has 2 aromatic rings. The molecule has 0 aliphatic heterocycles. The van der Waals surface area contributed by atoms with Crippen LogP contribution in [0.3, 0.4) is 0 Å². The van der Waals surface area contributed by atoms with Crippen molar-refractivity contribution in [3.8, 4) is 0 Å². The molecule has 19 heavy (non-hydrogen) atoms. The largest absolute Gasteiger partial charge is 0.309 e. The predicted octanol–water partition coefficient (Wildman–Crippen LogP) is 4.36. The lowest BCUT2D eigenvalue weighted by atomic mass is 10.2. The van der Waals surface area contributed by atoms with Gasteiger partial charge in [-0.1, -0.05) is 23.7 Å². The van der Waals surface area contributed by atoms with Crippen molar-refractivity contribution >= 4 is 45.8 Å². The summed E-state index contributed by atoms with van der Waals surface area (Å²) in [6.07, 6.45) is 0. The molecule has 0 unspecified atom stereocenters. The number of anilines is 1. The summed E-state index contributed by atoms with van der Waals surface area (Å²) in [7, 11) is 1.53. The summed E-state index contributed by atoms with van der Waals surface area (Å²) < 4.78 is 14.5. The Kier molecular flexibility index (Phi) is 4.42. The zero-order valence-corrected chi connectivity index (χ0v) is 12.9. The highest BCUT2D eigenvalue weighted by molar-refractivity contribution is 14.1. The Balaban J connectivity index is 2.34. The first-order valence-corrected chi connectivity index (χ1v) is 6.94. The number of nitrogens with zero attached hydrogens (tertiary/aromatic N) is 1. The van der Waals surface area contributed by atoms with Gasteiger partial charge in [-0.05, 0) is 52.9 Å². The van der Waals surface area contributed by atoms with Crippen molar-refractivity contribution < 1.29 is 9.18 Å². The minimum absolute atomic E-state index is 0.238. The highest BCUT2D eigenvalue weighted by Crippen LogP contribution is 2.23. The van der Waals surface area contributed by atoms with Crippen molar-refractivity contribution in [2.45, 2.75) is 0 Å². The van der Waals surface area contributed by atoms with Crippen LogP contribution in [0.2, 0.25) is 5.02 Å². The maximum absolute atomic E-state index is 13.6. The molecule has 0 atom stereocenters. The second kappa shape index (κ2) is 5.88. The van der Waals surface area contributed by atoms with E-state index in [-0.39, 0.29) is 11.6 Å². The first-order chi connectivity index (χ1) is 9.00. The van der Waals surface area contributed by atoms with Gasteiger partial charge in [-0.3, -0.25) is 4.79 Å². The number of benzene rings is 2. The first kappa shape index (κ1) is 14.3. The van der Waals surface area contributed by atoms with Gasteiger partial charge in [0.25, 0.3) is 5.91 Å². The summed E-state index contributed by atoms with van der Waals surface area (Å²) in [5, 5.41) is 0.508. The zero-order valence-electron chi connectivity index (χ0n) is 10.0. The lowest BCUT2D eigenvalue weighted by Crippen LogP contribution is -2.27. The fraction of sp³-hybridized carbons (Fsp3) is 0.0714. The third-order valence-electron chi connectivity index (χ3n) is 2.68. The maximum atomic E-state index is 13.6. The molecule has 0 saturated carbocycles. The normalized spacial score (nSPS) is 10.3. The molecule has 0 saturated heterocycles. The summed E-state index contributed by atoms with van der Waals surface area (Å²) in [5.74, 6) is -0.738. The zero-order chi connectivity index (χ0) is 14.0. The molecule has 0 N–H and O–H groups in total. The second-order valence-electron chi connectivity index (χ2n) is 3.94. The van der Waals surface area contributed by atoms with Crippen molar-refractivity contribution in [1.29, 1.82) is 0 Å². The molecule has 2 nitrogen and oxygen atoms in total. The Morgan fingerprint density at radius 1 is 1.26 bits per heavy atom. The van der Waals surface area contributed by atoms with Crippen LogP contribution in [0.4, 0.5) is 10.1 Å². The molecule has 5 heteroatoms. The second-order valence-corrected chi connectivity index (χ2v) is 5.51. The molecule has 0 heterocycles. The average Bonchev–Trinajstić information content (AvgIpc) is 2.41. The van der Waals surface area contributed by atoms with Crippen LogP contribution in [0, 0.1) is 9.39 Å². The molecule has 0 aliphatic rings.